The molecule has 80 heavy (non-hydrogen) atoms. The average molecular weight is 1150 g/mol. The predicted octanol–water partition coefficient (Wildman–Crippen LogP) is -2.47. The number of nitrogens with zero attached hydrogens (tertiary/aromatic N) is 1. The van der Waals surface area contributed by atoms with E-state index in [1.165, 1.54) is 38.3 Å². The van der Waals surface area contributed by atoms with Crippen molar-refractivity contribution in [3.63, 3.8) is 0 Å². The van der Waals surface area contributed by atoms with Gasteiger partial charge in [-0.1, -0.05) is 51.1 Å². The second-order valence-electron chi connectivity index (χ2n) is 21.7. The Hall–Kier alpha value is -4.96. The first kappa shape index (κ1) is 62.6. The van der Waals surface area contributed by atoms with Crippen LogP contribution < -0.4 is 16.0 Å². The molecule has 0 aromatic heterocycles. The molecule has 5 aliphatic heterocycles. The Labute approximate surface area is 462 Å². The van der Waals surface area contributed by atoms with E-state index in [-0.39, 0.29) is 16.7 Å². The molecule has 0 spiro atoms. The maximum absolute atomic E-state index is 14.6. The van der Waals surface area contributed by atoms with Crippen LogP contribution in [0.25, 0.3) is 0 Å². The third kappa shape index (κ3) is 13.1. The van der Waals surface area contributed by atoms with Gasteiger partial charge >= 0.3 is 5.97 Å². The average Bonchev–Trinajstić information content (AvgIpc) is 3.72. The summed E-state index contributed by atoms with van der Waals surface area (Å²) in [7, 11) is -1.72. The summed E-state index contributed by atoms with van der Waals surface area (Å²) < 4.78 is 62.1. The highest BCUT2D eigenvalue weighted by molar-refractivity contribution is 6.74. The van der Waals surface area contributed by atoms with E-state index in [2.05, 4.69) is 16.0 Å². The second kappa shape index (κ2) is 26.1. The fourth-order valence-corrected chi connectivity index (χ4v) is 11.5. The Bertz CT molecular complexity index is 2470. The van der Waals surface area contributed by atoms with Crippen molar-refractivity contribution in [2.45, 2.75) is 182 Å². The third-order valence-electron chi connectivity index (χ3n) is 15.2. The Morgan fingerprint density at radius 3 is 1.31 bits per heavy atom. The summed E-state index contributed by atoms with van der Waals surface area (Å²) in [5.41, 5.74) is 0.0311. The number of carbonyl (C=O) groups excluding carboxylic acids is 6. The zero-order chi connectivity index (χ0) is 58.7. The van der Waals surface area contributed by atoms with E-state index in [0.717, 1.165) is 18.7 Å². The SMILES string of the molecule is CO[C@H]1OC(CO)[C@H](O[C@@H]2OC(CO)C(O[C@H]3OC(CO)[C@H](O[C@@H]4OC(CO)C(O[Si](C)(C)C(C)(C)C)[C@H](OC(=O)c5ccccc5)C4N4C(=O)c5ccccc5C4=O)C(O)[C@H]3NC(C)=O)[C@H](O)C2NC(C)=O)C(O)[C@H]1NC(C)=O. The maximum atomic E-state index is 14.6. The first-order valence-electron chi connectivity index (χ1n) is 26.1. The number of esters is 1. The molecule has 10 N–H and O–H groups in total. The minimum atomic E-state index is -2.96. The minimum Gasteiger partial charge on any atom is -0.454 e. The van der Waals surface area contributed by atoms with Gasteiger partial charge in [-0.25, -0.2) is 4.79 Å². The molecule has 7 rings (SSSR count). The fourth-order valence-electron chi connectivity index (χ4n) is 10.2. The highest BCUT2D eigenvalue weighted by Gasteiger charge is 2.61. The number of fused-ring (bicyclic) bond motifs is 1. The molecule has 5 heterocycles. The molecule has 4 saturated heterocycles. The van der Waals surface area contributed by atoms with E-state index in [9.17, 15) is 64.5 Å². The predicted molar refractivity (Wildman–Crippen MR) is 274 cm³/mol. The fraction of sp³-hybridized carbons (Fsp3) is 0.654. The molecule has 2 aromatic carbocycles. The Morgan fingerprint density at radius 2 is 0.925 bits per heavy atom. The summed E-state index contributed by atoms with van der Waals surface area (Å²) in [5.74, 6) is -4.74. The summed E-state index contributed by atoms with van der Waals surface area (Å²) >= 11 is 0. The van der Waals surface area contributed by atoms with Crippen molar-refractivity contribution in [3.8, 4) is 0 Å². The lowest BCUT2D eigenvalue weighted by Gasteiger charge is -2.53. The van der Waals surface area contributed by atoms with Gasteiger partial charge in [0.1, 0.15) is 91.3 Å². The summed E-state index contributed by atoms with van der Waals surface area (Å²) in [5, 5.41) is 86.3. The molecule has 0 aliphatic carbocycles. The zero-order valence-corrected chi connectivity index (χ0v) is 46.7. The standard InChI is InChI=1S/C52H74N4O23Si/c1-23(61)53-33-37(64)40(29(19-57)71-48(33)70-7)76-49-34(54-24(2)62)38(65)41(30(20-58)72-49)77-50-35(55-25(3)63)39(66)42(31(21-59)73-50)78-51-36(56-45(67)27-17-13-14-18-28(27)46(56)68)44(75-47(69)26-15-11-10-12-16-26)43(32(22-60)74-51)79-80(8,9)52(4,5)6/h10-18,29-44,48-51,57-60,64-66H,19-22H2,1-9H3,(H,53,61)(H,54,62)(H,55,63)/t29?,30?,31?,32?,33-,34?,35-,36?,37?,38-,39?,40+,41?,42+,43?,44-,48+,49+,50-,51+/m1/s1. The number of aliphatic hydroxyl groups excluding tert-OH is 7. The van der Waals surface area contributed by atoms with Gasteiger partial charge in [0.25, 0.3) is 11.8 Å². The lowest BCUT2D eigenvalue weighted by molar-refractivity contribution is -0.363. The monoisotopic (exact) mass is 1150 g/mol. The molecular formula is C52H74N4O23Si. The number of hydrogen-bond donors (Lipinski definition) is 10. The van der Waals surface area contributed by atoms with Crippen molar-refractivity contribution in [2.75, 3.05) is 33.5 Å². The molecule has 0 radical (unpaired) electrons. The molecule has 0 saturated carbocycles. The number of hydrogen-bond acceptors (Lipinski definition) is 23. The number of nitrogens with one attached hydrogen (secondary N) is 3. The van der Waals surface area contributed by atoms with Crippen molar-refractivity contribution in [1.82, 2.24) is 20.9 Å². The number of rotatable bonds is 19. The van der Waals surface area contributed by atoms with Gasteiger partial charge in [0, 0.05) is 27.9 Å². The Balaban J connectivity index is 1.23. The first-order chi connectivity index (χ1) is 37.8. The van der Waals surface area contributed by atoms with Crippen LogP contribution in [0.1, 0.15) is 72.6 Å². The van der Waals surface area contributed by atoms with Crippen LogP contribution in [0.4, 0.5) is 0 Å². The molecule has 27 nitrogen and oxygen atoms in total. The Kier molecular flexibility index (Phi) is 20.4. The van der Waals surface area contributed by atoms with Crippen molar-refractivity contribution in [2.24, 2.45) is 0 Å². The van der Waals surface area contributed by atoms with Crippen LogP contribution in [0.15, 0.2) is 54.6 Å². The molecule has 444 valence electrons. The van der Waals surface area contributed by atoms with Crippen LogP contribution >= 0.6 is 0 Å². The summed E-state index contributed by atoms with van der Waals surface area (Å²) in [6, 6.07) is 7.34. The summed E-state index contributed by atoms with van der Waals surface area (Å²) in [6.07, 6.45) is -26.8. The smallest absolute Gasteiger partial charge is 0.338 e. The van der Waals surface area contributed by atoms with Crippen LogP contribution in [0.5, 0.6) is 0 Å². The normalized spacial score (nSPS) is 35.7. The first-order valence-corrected chi connectivity index (χ1v) is 29.0. The number of methoxy groups -OCH3 is 1. The molecule has 5 aliphatic rings. The number of aliphatic hydroxyl groups is 7. The maximum Gasteiger partial charge on any atom is 0.338 e. The van der Waals surface area contributed by atoms with Crippen LogP contribution in [0.2, 0.25) is 18.1 Å². The summed E-state index contributed by atoms with van der Waals surface area (Å²) in [6.45, 7) is 9.43. The molecular weight excluding hydrogens is 1080 g/mol. The third-order valence-corrected chi connectivity index (χ3v) is 19.7. The molecule has 5 amide bonds. The van der Waals surface area contributed by atoms with Gasteiger partial charge in [-0.2, -0.15) is 0 Å². The van der Waals surface area contributed by atoms with Crippen LogP contribution in [-0.2, 0) is 61.4 Å². The van der Waals surface area contributed by atoms with Crippen molar-refractivity contribution in [3.05, 3.63) is 71.3 Å². The number of carbonyl (C=O) groups is 6. The van der Waals surface area contributed by atoms with Gasteiger partial charge in [-0.15, -0.1) is 0 Å². The molecule has 20 atom stereocenters. The lowest BCUT2D eigenvalue weighted by atomic mass is 9.92. The topological polar surface area (TPSA) is 376 Å². The van der Waals surface area contributed by atoms with Gasteiger partial charge in [-0.3, -0.25) is 28.9 Å². The van der Waals surface area contributed by atoms with Crippen molar-refractivity contribution >= 4 is 43.8 Å². The van der Waals surface area contributed by atoms with Gasteiger partial charge < -0.3 is 98.8 Å². The Morgan fingerprint density at radius 1 is 0.562 bits per heavy atom. The molecule has 0 bridgehead atoms. The van der Waals surface area contributed by atoms with E-state index in [1.807, 2.05) is 33.9 Å². The van der Waals surface area contributed by atoms with Crippen molar-refractivity contribution in [1.29, 1.82) is 0 Å². The van der Waals surface area contributed by atoms with E-state index in [0.29, 0.717) is 0 Å². The van der Waals surface area contributed by atoms with Crippen molar-refractivity contribution < 1.29 is 112 Å². The van der Waals surface area contributed by atoms with Crippen LogP contribution in [-0.4, -0.2) is 241 Å². The van der Waals surface area contributed by atoms with Gasteiger partial charge in [0.2, 0.25) is 17.7 Å². The number of amides is 5. The van der Waals surface area contributed by atoms with E-state index in [4.69, 9.17) is 47.1 Å². The van der Waals surface area contributed by atoms with Crippen LogP contribution in [0.3, 0.4) is 0 Å². The van der Waals surface area contributed by atoms with E-state index >= 15 is 0 Å². The molecule has 2 aromatic rings. The lowest BCUT2D eigenvalue weighted by Crippen LogP contribution is -2.72. The minimum absolute atomic E-state index is 0.0185. The molecule has 4 fully saturated rings. The van der Waals surface area contributed by atoms with Crippen LogP contribution in [0, 0.1) is 0 Å². The number of imide groups is 1. The molecule has 10 unspecified atom stereocenters. The van der Waals surface area contributed by atoms with E-state index in [1.54, 1.807) is 30.3 Å². The summed E-state index contributed by atoms with van der Waals surface area (Å²) in [4.78, 5) is 82.1. The zero-order valence-electron chi connectivity index (χ0n) is 45.7. The van der Waals surface area contributed by atoms with Gasteiger partial charge in [0.05, 0.1) is 43.1 Å². The highest BCUT2D eigenvalue weighted by Crippen LogP contribution is 2.43. The number of benzene rings is 2. The largest absolute Gasteiger partial charge is 0.454 e. The van der Waals surface area contributed by atoms with Gasteiger partial charge in [0.15, 0.2) is 39.6 Å². The van der Waals surface area contributed by atoms with E-state index < -0.39 is 198 Å². The second-order valence-corrected chi connectivity index (χ2v) is 26.4. The van der Waals surface area contributed by atoms with Gasteiger partial charge in [-0.05, 0) is 42.4 Å². The molecule has 28 heteroatoms. The quantitative estimate of drug-likeness (QED) is 0.0396. The highest BCUT2D eigenvalue weighted by atomic mass is 28.4. The number of ether oxygens (including phenoxy) is 9.